The normalized spacial score (nSPS) is 14.3. The van der Waals surface area contributed by atoms with Gasteiger partial charge in [0.15, 0.2) is 0 Å². The second-order valence-corrected chi connectivity index (χ2v) is 11.8. The summed E-state index contributed by atoms with van der Waals surface area (Å²) in [7, 11) is 0. The molecule has 0 aliphatic heterocycles. The molecule has 4 amide bonds. The number of aliphatic hydroxyl groups excluding tert-OH is 1. The second-order valence-electron chi connectivity index (χ2n) is 10.8. The lowest BCUT2D eigenvalue weighted by Crippen LogP contribution is -2.59. The monoisotopic (exact) mass is 656 g/mol. The van der Waals surface area contributed by atoms with Gasteiger partial charge in [-0.3, -0.25) is 19.2 Å². The van der Waals surface area contributed by atoms with Crippen LogP contribution in [-0.2, 0) is 36.8 Å². The minimum atomic E-state index is -1.57. The van der Waals surface area contributed by atoms with E-state index in [0.29, 0.717) is 16.9 Å². The molecular weight excluding hydrogens is 616 g/mol. The van der Waals surface area contributed by atoms with Crippen LogP contribution in [0, 0.1) is 0 Å². The van der Waals surface area contributed by atoms with E-state index in [1.165, 1.54) is 30.8 Å². The smallest absolute Gasteiger partial charge is 0.328 e. The first kappa shape index (κ1) is 35.9. The van der Waals surface area contributed by atoms with Crippen molar-refractivity contribution in [2.24, 2.45) is 5.73 Å². The molecule has 0 fully saturated rings. The van der Waals surface area contributed by atoms with Crippen molar-refractivity contribution in [3.63, 3.8) is 0 Å². The van der Waals surface area contributed by atoms with Crippen LogP contribution in [0.25, 0.3) is 10.9 Å². The van der Waals surface area contributed by atoms with Crippen LogP contribution in [0.3, 0.4) is 0 Å². The summed E-state index contributed by atoms with van der Waals surface area (Å²) in [4.78, 5) is 67.7. The number of para-hydroxylation sites is 1. The fraction of sp³-hybridized carbons (Fsp3) is 0.387. The van der Waals surface area contributed by atoms with E-state index in [2.05, 4.69) is 26.3 Å². The standard InChI is InChI=1S/C31H40N6O8S/c1-17(32)27(40)35-24(13-18-7-9-20(39)10-8-18)29(42)36-25(14-19-15-33-22-6-4-3-5-21(19)22)30(43)34-23(11-12-46-2)28(41)37-26(16-38)31(44)45/h3-10,15,17,23-26,33,38-39H,11-14,16,32H2,1-2H3,(H,34,43)(H,35,40)(H,36,42)(H,37,41)(H,44,45)/t17-,23-,24-,25-,26-/m0/s1. The van der Waals surface area contributed by atoms with Gasteiger partial charge in [-0.1, -0.05) is 30.3 Å². The Bertz CT molecular complexity index is 1510. The molecule has 0 saturated heterocycles. The van der Waals surface area contributed by atoms with Crippen LogP contribution in [-0.4, -0.2) is 98.7 Å². The van der Waals surface area contributed by atoms with Gasteiger partial charge >= 0.3 is 5.97 Å². The number of aliphatic carboxylic acids is 1. The van der Waals surface area contributed by atoms with Gasteiger partial charge in [0.05, 0.1) is 12.6 Å². The summed E-state index contributed by atoms with van der Waals surface area (Å²) < 4.78 is 0. The summed E-state index contributed by atoms with van der Waals surface area (Å²) in [6.45, 7) is 0.614. The lowest BCUT2D eigenvalue weighted by atomic mass is 10.0. The van der Waals surface area contributed by atoms with Gasteiger partial charge in [0.1, 0.15) is 29.9 Å². The zero-order valence-electron chi connectivity index (χ0n) is 25.5. The third-order valence-electron chi connectivity index (χ3n) is 7.20. The van der Waals surface area contributed by atoms with Crippen LogP contribution in [0.5, 0.6) is 5.75 Å². The molecule has 5 atom stereocenters. The minimum absolute atomic E-state index is 0.0000118. The number of amides is 4. The van der Waals surface area contributed by atoms with E-state index in [-0.39, 0.29) is 25.0 Å². The van der Waals surface area contributed by atoms with E-state index in [1.54, 1.807) is 24.6 Å². The molecule has 2 aromatic carbocycles. The SMILES string of the molecule is CSCC[C@H](NC(=O)[C@H](Cc1c[nH]c2ccccc12)NC(=O)[C@H](Cc1ccc(O)cc1)NC(=O)[C@H](C)N)C(=O)N[C@@H](CO)C(=O)O. The van der Waals surface area contributed by atoms with Gasteiger partial charge in [-0.25, -0.2) is 4.79 Å². The number of phenols is 1. The van der Waals surface area contributed by atoms with E-state index >= 15 is 0 Å². The summed E-state index contributed by atoms with van der Waals surface area (Å²) >= 11 is 1.41. The minimum Gasteiger partial charge on any atom is -0.508 e. The number of aromatic hydroxyl groups is 1. The number of fused-ring (bicyclic) bond motifs is 1. The fourth-order valence-electron chi connectivity index (χ4n) is 4.62. The number of thioether (sulfide) groups is 1. The molecule has 1 aromatic heterocycles. The zero-order chi connectivity index (χ0) is 33.8. The van der Waals surface area contributed by atoms with Crippen LogP contribution in [0.4, 0.5) is 0 Å². The molecule has 248 valence electrons. The Morgan fingerprint density at radius 3 is 2.00 bits per heavy atom. The van der Waals surface area contributed by atoms with E-state index in [4.69, 9.17) is 5.73 Å². The van der Waals surface area contributed by atoms with Gasteiger partial charge < -0.3 is 47.3 Å². The Kier molecular flexibility index (Phi) is 13.4. The van der Waals surface area contributed by atoms with Crippen molar-refractivity contribution < 1.29 is 39.3 Å². The highest BCUT2D eigenvalue weighted by Gasteiger charge is 2.32. The van der Waals surface area contributed by atoms with Crippen LogP contribution in [0.2, 0.25) is 0 Å². The number of carbonyl (C=O) groups is 5. The molecule has 0 radical (unpaired) electrons. The molecule has 14 nitrogen and oxygen atoms in total. The molecule has 0 bridgehead atoms. The van der Waals surface area contributed by atoms with Gasteiger partial charge in [0, 0.05) is 29.9 Å². The third-order valence-corrected chi connectivity index (χ3v) is 7.84. The maximum Gasteiger partial charge on any atom is 0.328 e. The summed E-state index contributed by atoms with van der Waals surface area (Å²) in [6, 6.07) is 7.37. The van der Waals surface area contributed by atoms with Gasteiger partial charge in [0.25, 0.3) is 0 Å². The van der Waals surface area contributed by atoms with Crippen LogP contribution in [0.15, 0.2) is 54.7 Å². The number of aromatic amines is 1. The first-order valence-corrected chi connectivity index (χ1v) is 15.9. The number of H-pyrrole nitrogens is 1. The van der Waals surface area contributed by atoms with Gasteiger partial charge in [0.2, 0.25) is 23.6 Å². The predicted octanol–water partition coefficient (Wildman–Crippen LogP) is -0.225. The average Bonchev–Trinajstić information content (AvgIpc) is 3.44. The number of benzene rings is 2. The second kappa shape index (κ2) is 17.2. The Morgan fingerprint density at radius 2 is 1.39 bits per heavy atom. The molecule has 3 aromatic rings. The number of aromatic nitrogens is 1. The molecule has 0 saturated carbocycles. The lowest BCUT2D eigenvalue weighted by molar-refractivity contribution is -0.143. The average molecular weight is 657 g/mol. The lowest BCUT2D eigenvalue weighted by Gasteiger charge is -2.26. The fourth-order valence-corrected chi connectivity index (χ4v) is 5.09. The van der Waals surface area contributed by atoms with Crippen molar-refractivity contribution in [2.75, 3.05) is 18.6 Å². The predicted molar refractivity (Wildman–Crippen MR) is 173 cm³/mol. The number of carboxylic acid groups (broad SMARTS) is 1. The van der Waals surface area contributed by atoms with Crippen LogP contribution in [0.1, 0.15) is 24.5 Å². The maximum atomic E-state index is 13.8. The topological polar surface area (TPSA) is 236 Å². The highest BCUT2D eigenvalue weighted by molar-refractivity contribution is 7.98. The maximum absolute atomic E-state index is 13.8. The van der Waals surface area contributed by atoms with E-state index in [1.807, 2.05) is 24.3 Å². The molecule has 0 aliphatic carbocycles. The number of phenolic OH excluding ortho intramolecular Hbond substituents is 1. The molecule has 46 heavy (non-hydrogen) atoms. The third kappa shape index (κ3) is 10.2. The summed E-state index contributed by atoms with van der Waals surface area (Å²) in [5.74, 6) is -3.81. The number of carbonyl (C=O) groups excluding carboxylic acids is 4. The Balaban J connectivity index is 1.92. The summed E-state index contributed by atoms with van der Waals surface area (Å²) in [5.41, 5.74) is 7.86. The highest BCUT2D eigenvalue weighted by Crippen LogP contribution is 2.20. The van der Waals surface area contributed by atoms with E-state index in [0.717, 1.165) is 10.9 Å². The molecule has 0 spiro atoms. The van der Waals surface area contributed by atoms with Crippen LogP contribution >= 0.6 is 11.8 Å². The number of hydrogen-bond donors (Lipinski definition) is 9. The van der Waals surface area contributed by atoms with E-state index < -0.39 is 66.4 Å². The molecule has 1 heterocycles. The number of nitrogens with one attached hydrogen (secondary N) is 5. The van der Waals surface area contributed by atoms with Gasteiger partial charge in [-0.2, -0.15) is 11.8 Å². The van der Waals surface area contributed by atoms with Gasteiger partial charge in [-0.05, 0) is 54.7 Å². The van der Waals surface area contributed by atoms with Crippen molar-refractivity contribution in [2.45, 2.75) is 56.4 Å². The van der Waals surface area contributed by atoms with Crippen molar-refractivity contribution in [3.8, 4) is 5.75 Å². The Morgan fingerprint density at radius 1 is 0.826 bits per heavy atom. The summed E-state index contributed by atoms with van der Waals surface area (Å²) in [5, 5.41) is 39.4. The van der Waals surface area contributed by atoms with E-state index in [9.17, 15) is 39.3 Å². The largest absolute Gasteiger partial charge is 0.508 e. The quantitative estimate of drug-likeness (QED) is 0.0926. The van der Waals surface area contributed by atoms with Crippen molar-refractivity contribution in [1.82, 2.24) is 26.3 Å². The highest BCUT2D eigenvalue weighted by atomic mass is 32.2. The van der Waals surface area contributed by atoms with Crippen molar-refractivity contribution in [1.29, 1.82) is 0 Å². The Hall–Kier alpha value is -4.60. The number of aliphatic hydroxyl groups is 1. The van der Waals surface area contributed by atoms with Crippen molar-refractivity contribution >= 4 is 52.3 Å². The van der Waals surface area contributed by atoms with Crippen LogP contribution < -0.4 is 27.0 Å². The molecule has 0 aliphatic rings. The number of carboxylic acids is 1. The van der Waals surface area contributed by atoms with Crippen molar-refractivity contribution in [3.05, 3.63) is 65.9 Å². The zero-order valence-corrected chi connectivity index (χ0v) is 26.3. The molecule has 3 rings (SSSR count). The number of rotatable bonds is 17. The Labute approximate surface area is 269 Å². The van der Waals surface area contributed by atoms with Gasteiger partial charge in [-0.15, -0.1) is 0 Å². The molecular formula is C31H40N6O8S. The first-order valence-electron chi connectivity index (χ1n) is 14.6. The molecule has 15 heteroatoms. The molecule has 0 unspecified atom stereocenters. The number of nitrogens with two attached hydrogens (primary N) is 1. The first-order chi connectivity index (χ1) is 21.9. The summed E-state index contributed by atoms with van der Waals surface area (Å²) in [6.07, 6.45) is 3.66. The molecule has 10 N–H and O–H groups in total. The number of hydrogen-bond acceptors (Lipinski definition) is 9.